The molecule has 2 rings (SSSR count). The molecule has 0 aliphatic carbocycles. The van der Waals surface area contributed by atoms with Crippen molar-refractivity contribution in [3.05, 3.63) is 29.5 Å². The maximum atomic E-state index is 5.55. The van der Waals surface area contributed by atoms with Gasteiger partial charge in [0.1, 0.15) is 11.5 Å². The molecule has 0 saturated carbocycles. The second-order valence-electron chi connectivity index (χ2n) is 5.44. The number of nitrogens with two attached hydrogens (primary N) is 1. The van der Waals surface area contributed by atoms with Crippen LogP contribution in [-0.4, -0.2) is 20.9 Å². The SMILES string of the molecule is Cc1nc(C(C)(C)C)cc2nc(CCN)cn12. The fraction of sp³-hybridized carbons (Fsp3) is 0.538. The highest BCUT2D eigenvalue weighted by atomic mass is 15.1. The molecule has 92 valence electrons. The average molecular weight is 232 g/mol. The van der Waals surface area contributed by atoms with Gasteiger partial charge >= 0.3 is 0 Å². The molecular weight excluding hydrogens is 212 g/mol. The molecule has 0 bridgehead atoms. The van der Waals surface area contributed by atoms with Crippen molar-refractivity contribution in [2.45, 2.75) is 39.5 Å². The molecule has 0 fully saturated rings. The van der Waals surface area contributed by atoms with Crippen LogP contribution in [0.5, 0.6) is 0 Å². The lowest BCUT2D eigenvalue weighted by Gasteiger charge is -2.18. The minimum Gasteiger partial charge on any atom is -0.330 e. The number of nitrogens with zero attached hydrogens (tertiary/aromatic N) is 3. The van der Waals surface area contributed by atoms with E-state index in [1.54, 1.807) is 0 Å². The fourth-order valence-corrected chi connectivity index (χ4v) is 1.84. The van der Waals surface area contributed by atoms with Crippen molar-refractivity contribution >= 4 is 5.65 Å². The first-order chi connectivity index (χ1) is 7.91. The van der Waals surface area contributed by atoms with Gasteiger partial charge in [0, 0.05) is 24.1 Å². The van der Waals surface area contributed by atoms with Gasteiger partial charge in [0.05, 0.1) is 11.4 Å². The molecule has 0 atom stereocenters. The van der Waals surface area contributed by atoms with Gasteiger partial charge in [0.25, 0.3) is 0 Å². The predicted octanol–water partition coefficient (Wildman–Crippen LogP) is 1.84. The Bertz CT molecular complexity index is 534. The third-order valence-electron chi connectivity index (χ3n) is 2.85. The molecule has 2 heterocycles. The normalized spacial score (nSPS) is 12.3. The van der Waals surface area contributed by atoms with Crippen molar-refractivity contribution in [1.29, 1.82) is 0 Å². The lowest BCUT2D eigenvalue weighted by atomic mass is 9.92. The number of aromatic nitrogens is 3. The quantitative estimate of drug-likeness (QED) is 0.859. The minimum absolute atomic E-state index is 0.0481. The maximum absolute atomic E-state index is 5.55. The van der Waals surface area contributed by atoms with Crippen LogP contribution in [0.1, 0.15) is 38.0 Å². The number of fused-ring (bicyclic) bond motifs is 1. The second-order valence-corrected chi connectivity index (χ2v) is 5.44. The molecule has 17 heavy (non-hydrogen) atoms. The highest BCUT2D eigenvalue weighted by Gasteiger charge is 2.17. The van der Waals surface area contributed by atoms with E-state index in [1.807, 2.05) is 17.5 Å². The summed E-state index contributed by atoms with van der Waals surface area (Å²) in [6.45, 7) is 9.12. The van der Waals surface area contributed by atoms with Crippen LogP contribution in [0.3, 0.4) is 0 Å². The Morgan fingerprint density at radius 2 is 2.00 bits per heavy atom. The van der Waals surface area contributed by atoms with E-state index in [4.69, 9.17) is 5.73 Å². The molecule has 0 aliphatic rings. The number of imidazole rings is 1. The number of rotatable bonds is 2. The molecular formula is C13H20N4. The van der Waals surface area contributed by atoms with Gasteiger partial charge < -0.3 is 5.73 Å². The van der Waals surface area contributed by atoms with E-state index < -0.39 is 0 Å². The standard InChI is InChI=1S/C13H20N4/c1-9-15-11(13(2,3)4)7-12-16-10(5-6-14)8-17(9)12/h7-8H,5-6,14H2,1-4H3. The first-order valence-electron chi connectivity index (χ1n) is 5.98. The third-order valence-corrected chi connectivity index (χ3v) is 2.85. The van der Waals surface area contributed by atoms with E-state index in [0.717, 1.165) is 29.3 Å². The second kappa shape index (κ2) is 4.11. The van der Waals surface area contributed by atoms with Crippen LogP contribution in [0.15, 0.2) is 12.3 Å². The number of hydrogen-bond acceptors (Lipinski definition) is 3. The summed E-state index contributed by atoms with van der Waals surface area (Å²) in [4.78, 5) is 9.22. The van der Waals surface area contributed by atoms with E-state index >= 15 is 0 Å². The van der Waals surface area contributed by atoms with Crippen LogP contribution in [0.25, 0.3) is 5.65 Å². The summed E-state index contributed by atoms with van der Waals surface area (Å²) < 4.78 is 2.03. The Hall–Kier alpha value is -1.42. The Kier molecular flexibility index (Phi) is 2.91. The van der Waals surface area contributed by atoms with Crippen LogP contribution < -0.4 is 5.73 Å². The molecule has 0 aromatic carbocycles. The third kappa shape index (κ3) is 2.31. The molecule has 2 aromatic heterocycles. The summed E-state index contributed by atoms with van der Waals surface area (Å²) >= 11 is 0. The van der Waals surface area contributed by atoms with E-state index in [-0.39, 0.29) is 5.41 Å². The van der Waals surface area contributed by atoms with Crippen molar-refractivity contribution in [2.24, 2.45) is 5.73 Å². The summed E-state index contributed by atoms with van der Waals surface area (Å²) in [5.41, 5.74) is 8.67. The van der Waals surface area contributed by atoms with Crippen molar-refractivity contribution in [2.75, 3.05) is 6.54 Å². The Balaban J connectivity index is 2.57. The molecule has 0 aliphatic heterocycles. The molecule has 2 aromatic rings. The Morgan fingerprint density at radius 3 is 2.59 bits per heavy atom. The molecule has 4 nitrogen and oxygen atoms in total. The lowest BCUT2D eigenvalue weighted by molar-refractivity contribution is 0.564. The summed E-state index contributed by atoms with van der Waals surface area (Å²) in [6.07, 6.45) is 2.84. The van der Waals surface area contributed by atoms with Gasteiger partial charge in [-0.2, -0.15) is 0 Å². The van der Waals surface area contributed by atoms with Crippen LogP contribution >= 0.6 is 0 Å². The molecule has 2 N–H and O–H groups in total. The van der Waals surface area contributed by atoms with Gasteiger partial charge in [-0.15, -0.1) is 0 Å². The predicted molar refractivity (Wildman–Crippen MR) is 69.2 cm³/mol. The van der Waals surface area contributed by atoms with Crippen LogP contribution in [0.2, 0.25) is 0 Å². The molecule has 0 spiro atoms. The summed E-state index contributed by atoms with van der Waals surface area (Å²) in [5, 5.41) is 0. The zero-order chi connectivity index (χ0) is 12.6. The molecule has 0 radical (unpaired) electrons. The van der Waals surface area contributed by atoms with Gasteiger partial charge in [-0.25, -0.2) is 9.97 Å². The van der Waals surface area contributed by atoms with Crippen molar-refractivity contribution in [1.82, 2.24) is 14.4 Å². The average Bonchev–Trinajstić information content (AvgIpc) is 2.60. The van der Waals surface area contributed by atoms with Crippen molar-refractivity contribution in [3.63, 3.8) is 0 Å². The van der Waals surface area contributed by atoms with Crippen molar-refractivity contribution in [3.8, 4) is 0 Å². The van der Waals surface area contributed by atoms with E-state index in [9.17, 15) is 0 Å². The maximum Gasteiger partial charge on any atom is 0.140 e. The minimum atomic E-state index is 0.0481. The smallest absolute Gasteiger partial charge is 0.140 e. The van der Waals surface area contributed by atoms with Crippen LogP contribution in [0.4, 0.5) is 0 Å². The monoisotopic (exact) mass is 232 g/mol. The summed E-state index contributed by atoms with van der Waals surface area (Å²) in [5.74, 6) is 0.975. The van der Waals surface area contributed by atoms with Gasteiger partial charge in [-0.1, -0.05) is 20.8 Å². The Labute approximate surface area is 102 Å². The highest BCUT2D eigenvalue weighted by molar-refractivity contribution is 5.43. The summed E-state index contributed by atoms with van der Waals surface area (Å²) in [7, 11) is 0. The van der Waals surface area contributed by atoms with Gasteiger partial charge in [-0.05, 0) is 13.5 Å². The van der Waals surface area contributed by atoms with Crippen LogP contribution in [-0.2, 0) is 11.8 Å². The van der Waals surface area contributed by atoms with E-state index in [1.165, 1.54) is 0 Å². The van der Waals surface area contributed by atoms with E-state index in [2.05, 4.69) is 36.8 Å². The number of aryl methyl sites for hydroxylation is 1. The van der Waals surface area contributed by atoms with Gasteiger partial charge in [-0.3, -0.25) is 4.40 Å². The molecule has 0 amide bonds. The van der Waals surface area contributed by atoms with Crippen molar-refractivity contribution < 1.29 is 0 Å². The van der Waals surface area contributed by atoms with Gasteiger partial charge in [0.2, 0.25) is 0 Å². The molecule has 0 saturated heterocycles. The molecule has 4 heteroatoms. The summed E-state index contributed by atoms with van der Waals surface area (Å²) in [6, 6.07) is 2.06. The number of hydrogen-bond donors (Lipinski definition) is 1. The largest absolute Gasteiger partial charge is 0.330 e. The zero-order valence-electron chi connectivity index (χ0n) is 11.0. The Morgan fingerprint density at radius 1 is 1.29 bits per heavy atom. The lowest BCUT2D eigenvalue weighted by Crippen LogP contribution is -2.15. The fourth-order valence-electron chi connectivity index (χ4n) is 1.84. The first-order valence-corrected chi connectivity index (χ1v) is 5.98. The van der Waals surface area contributed by atoms with Crippen LogP contribution in [0, 0.1) is 6.92 Å². The molecule has 0 unspecified atom stereocenters. The highest BCUT2D eigenvalue weighted by Crippen LogP contribution is 2.22. The van der Waals surface area contributed by atoms with E-state index in [0.29, 0.717) is 6.54 Å². The zero-order valence-corrected chi connectivity index (χ0v) is 11.0. The topological polar surface area (TPSA) is 56.2 Å². The first kappa shape index (κ1) is 12.0. The van der Waals surface area contributed by atoms with Gasteiger partial charge in [0.15, 0.2) is 0 Å².